The van der Waals surface area contributed by atoms with E-state index in [-0.39, 0.29) is 0 Å². The van der Waals surface area contributed by atoms with Gasteiger partial charge in [-0.2, -0.15) is 0 Å². The van der Waals surface area contributed by atoms with E-state index < -0.39 is 0 Å². The van der Waals surface area contributed by atoms with Gasteiger partial charge in [-0.15, -0.1) is 11.3 Å². The zero-order valence-corrected chi connectivity index (χ0v) is 15.6. The molecule has 130 valence electrons. The van der Waals surface area contributed by atoms with Crippen molar-refractivity contribution in [2.24, 2.45) is 4.99 Å². The fraction of sp³-hybridized carbons (Fsp3) is 0.444. The molecule has 5 nitrogen and oxygen atoms in total. The number of nitrogens with zero attached hydrogens (tertiary/aromatic N) is 3. The number of nitrogens with one attached hydrogen (secondary N) is 2. The topological polar surface area (TPSA) is 52.6 Å². The third-order valence-corrected chi connectivity index (χ3v) is 4.50. The highest BCUT2D eigenvalue weighted by molar-refractivity contribution is 7.13. The lowest BCUT2D eigenvalue weighted by molar-refractivity contribution is 0.743. The van der Waals surface area contributed by atoms with Gasteiger partial charge in [-0.3, -0.25) is 0 Å². The summed E-state index contributed by atoms with van der Waals surface area (Å²) in [4.78, 5) is 11.2. The van der Waals surface area contributed by atoms with Crippen LogP contribution in [0.15, 0.2) is 40.7 Å². The standard InChI is InChI=1S/C18H27N5S/c1-4-19-17(20-12-8-11-15-9-6-5-7-10-15)21-13-16-14-24-18(22-16)23(2)3/h5-7,9-10,14H,4,8,11-13H2,1-3H3,(H2,19,20,21). The summed E-state index contributed by atoms with van der Waals surface area (Å²) < 4.78 is 0. The number of rotatable bonds is 8. The van der Waals surface area contributed by atoms with Crippen LogP contribution in [0, 0.1) is 0 Å². The first-order chi connectivity index (χ1) is 11.7. The van der Waals surface area contributed by atoms with Gasteiger partial charge in [0.15, 0.2) is 11.1 Å². The van der Waals surface area contributed by atoms with Crippen molar-refractivity contribution in [1.82, 2.24) is 15.6 Å². The summed E-state index contributed by atoms with van der Waals surface area (Å²) in [7, 11) is 4.01. The highest BCUT2D eigenvalue weighted by Gasteiger charge is 2.04. The molecular formula is C18H27N5S. The van der Waals surface area contributed by atoms with Gasteiger partial charge in [-0.25, -0.2) is 9.98 Å². The molecule has 0 atom stereocenters. The second-order valence-corrected chi connectivity index (χ2v) is 6.56. The number of anilines is 1. The first-order valence-corrected chi connectivity index (χ1v) is 9.25. The summed E-state index contributed by atoms with van der Waals surface area (Å²) in [5.74, 6) is 0.852. The van der Waals surface area contributed by atoms with Gasteiger partial charge >= 0.3 is 0 Å². The van der Waals surface area contributed by atoms with E-state index in [4.69, 9.17) is 0 Å². The lowest BCUT2D eigenvalue weighted by Gasteiger charge is -2.11. The third kappa shape index (κ3) is 6.20. The van der Waals surface area contributed by atoms with Crippen molar-refractivity contribution in [3.8, 4) is 0 Å². The molecule has 0 unspecified atom stereocenters. The molecule has 1 aromatic heterocycles. The van der Waals surface area contributed by atoms with Gasteiger partial charge in [0.25, 0.3) is 0 Å². The van der Waals surface area contributed by atoms with Gasteiger partial charge in [0.1, 0.15) is 0 Å². The summed E-state index contributed by atoms with van der Waals surface area (Å²) >= 11 is 1.65. The largest absolute Gasteiger partial charge is 0.357 e. The molecule has 0 aliphatic rings. The van der Waals surface area contributed by atoms with Crippen LogP contribution in [0.2, 0.25) is 0 Å². The van der Waals surface area contributed by atoms with E-state index in [1.54, 1.807) is 11.3 Å². The molecule has 0 saturated carbocycles. The van der Waals surface area contributed by atoms with Gasteiger partial charge in [-0.05, 0) is 25.3 Å². The fourth-order valence-electron chi connectivity index (χ4n) is 2.22. The maximum atomic E-state index is 4.62. The summed E-state index contributed by atoms with van der Waals surface area (Å²) in [5, 5.41) is 9.76. The minimum atomic E-state index is 0.596. The van der Waals surface area contributed by atoms with Crippen molar-refractivity contribution in [3.63, 3.8) is 0 Å². The molecule has 1 heterocycles. The summed E-state index contributed by atoms with van der Waals surface area (Å²) in [5.41, 5.74) is 2.38. The number of thiazole rings is 1. The first kappa shape index (κ1) is 18.3. The molecule has 1 aromatic carbocycles. The van der Waals surface area contributed by atoms with Crippen LogP contribution in [0.4, 0.5) is 5.13 Å². The minimum Gasteiger partial charge on any atom is -0.357 e. The van der Waals surface area contributed by atoms with Crippen LogP contribution in [-0.4, -0.2) is 38.1 Å². The second-order valence-electron chi connectivity index (χ2n) is 5.73. The smallest absolute Gasteiger partial charge is 0.191 e. The lowest BCUT2D eigenvalue weighted by atomic mass is 10.1. The maximum absolute atomic E-state index is 4.62. The summed E-state index contributed by atoms with van der Waals surface area (Å²) in [6.45, 7) is 4.43. The normalized spacial score (nSPS) is 11.4. The van der Waals surface area contributed by atoms with Crippen molar-refractivity contribution in [3.05, 3.63) is 47.0 Å². The molecule has 0 bridgehead atoms. The summed E-state index contributed by atoms with van der Waals surface area (Å²) in [6, 6.07) is 10.6. The molecule has 0 saturated heterocycles. The SMILES string of the molecule is CCNC(=NCc1csc(N(C)C)n1)NCCCc1ccccc1. The van der Waals surface area contributed by atoms with E-state index in [0.29, 0.717) is 6.54 Å². The average molecular weight is 346 g/mol. The molecule has 2 N–H and O–H groups in total. The molecule has 0 aliphatic heterocycles. The van der Waals surface area contributed by atoms with Crippen molar-refractivity contribution < 1.29 is 0 Å². The Hall–Kier alpha value is -2.08. The van der Waals surface area contributed by atoms with Crippen molar-refractivity contribution in [2.45, 2.75) is 26.3 Å². The Balaban J connectivity index is 1.79. The van der Waals surface area contributed by atoms with E-state index in [9.17, 15) is 0 Å². The molecule has 0 spiro atoms. The molecule has 2 rings (SSSR count). The van der Waals surface area contributed by atoms with Crippen LogP contribution >= 0.6 is 11.3 Å². The molecule has 0 radical (unpaired) electrons. The van der Waals surface area contributed by atoms with Crippen LogP contribution in [-0.2, 0) is 13.0 Å². The Bertz CT molecular complexity index is 621. The molecular weight excluding hydrogens is 318 g/mol. The van der Waals surface area contributed by atoms with Gasteiger partial charge < -0.3 is 15.5 Å². The maximum Gasteiger partial charge on any atom is 0.191 e. The van der Waals surface area contributed by atoms with E-state index in [2.05, 4.69) is 63.2 Å². The van der Waals surface area contributed by atoms with Crippen molar-refractivity contribution in [1.29, 1.82) is 0 Å². The monoisotopic (exact) mass is 345 g/mol. The average Bonchev–Trinajstić information content (AvgIpc) is 3.06. The quantitative estimate of drug-likeness (QED) is 0.439. The van der Waals surface area contributed by atoms with Gasteiger partial charge in [0, 0.05) is 32.6 Å². The van der Waals surface area contributed by atoms with Crippen LogP contribution in [0.25, 0.3) is 0 Å². The van der Waals surface area contributed by atoms with Crippen molar-refractivity contribution in [2.75, 3.05) is 32.1 Å². The van der Waals surface area contributed by atoms with Gasteiger partial charge in [-0.1, -0.05) is 30.3 Å². The highest BCUT2D eigenvalue weighted by Crippen LogP contribution is 2.18. The van der Waals surface area contributed by atoms with Crippen LogP contribution in [0.3, 0.4) is 0 Å². The second kappa shape index (κ2) is 9.93. The van der Waals surface area contributed by atoms with E-state index in [1.165, 1.54) is 5.56 Å². The first-order valence-electron chi connectivity index (χ1n) is 8.37. The van der Waals surface area contributed by atoms with Crippen LogP contribution in [0.1, 0.15) is 24.6 Å². The fourth-order valence-corrected chi connectivity index (χ4v) is 2.97. The molecule has 0 fully saturated rings. The predicted molar refractivity (Wildman–Crippen MR) is 104 cm³/mol. The van der Waals surface area contributed by atoms with E-state index in [1.807, 2.05) is 19.0 Å². The number of aromatic nitrogens is 1. The number of hydrogen-bond donors (Lipinski definition) is 2. The number of hydrogen-bond acceptors (Lipinski definition) is 4. The Labute approximate surface area is 148 Å². The Morgan fingerprint density at radius 2 is 2.00 bits per heavy atom. The number of guanidine groups is 1. The highest BCUT2D eigenvalue weighted by atomic mass is 32.1. The minimum absolute atomic E-state index is 0.596. The zero-order valence-electron chi connectivity index (χ0n) is 14.7. The van der Waals surface area contributed by atoms with E-state index in [0.717, 1.165) is 42.7 Å². The molecule has 2 aromatic rings. The molecule has 24 heavy (non-hydrogen) atoms. The Morgan fingerprint density at radius 1 is 1.21 bits per heavy atom. The van der Waals surface area contributed by atoms with Gasteiger partial charge in [0.2, 0.25) is 0 Å². The van der Waals surface area contributed by atoms with E-state index >= 15 is 0 Å². The molecule has 0 aliphatic carbocycles. The Morgan fingerprint density at radius 3 is 2.67 bits per heavy atom. The van der Waals surface area contributed by atoms with Crippen LogP contribution < -0.4 is 15.5 Å². The zero-order chi connectivity index (χ0) is 17.2. The third-order valence-electron chi connectivity index (χ3n) is 3.44. The number of benzene rings is 1. The number of aliphatic imine (C=N–C) groups is 1. The Kier molecular flexibility index (Phi) is 7.55. The lowest BCUT2D eigenvalue weighted by Crippen LogP contribution is -2.37. The molecule has 0 amide bonds. The predicted octanol–water partition coefficient (Wildman–Crippen LogP) is 2.90. The molecule has 6 heteroatoms. The van der Waals surface area contributed by atoms with Crippen LogP contribution in [0.5, 0.6) is 0 Å². The van der Waals surface area contributed by atoms with Gasteiger partial charge in [0.05, 0.1) is 12.2 Å². The van der Waals surface area contributed by atoms with Crippen molar-refractivity contribution >= 4 is 22.4 Å². The number of aryl methyl sites for hydroxylation is 1. The summed E-state index contributed by atoms with van der Waals surface area (Å²) in [6.07, 6.45) is 2.15.